The first-order valence-electron chi connectivity index (χ1n) is 6.83. The lowest BCUT2D eigenvalue weighted by Gasteiger charge is -2.15. The van der Waals surface area contributed by atoms with Crippen molar-refractivity contribution in [3.05, 3.63) is 35.4 Å². The molecule has 0 spiro atoms. The van der Waals surface area contributed by atoms with Gasteiger partial charge < -0.3 is 4.74 Å². The third kappa shape index (κ3) is 6.01. The Hall–Kier alpha value is -0.340. The van der Waals surface area contributed by atoms with E-state index in [4.69, 9.17) is 4.74 Å². The van der Waals surface area contributed by atoms with E-state index in [9.17, 15) is 0 Å². The zero-order chi connectivity index (χ0) is 13.4. The Morgan fingerprint density at radius 3 is 2.50 bits per heavy atom. The Kier molecular flexibility index (Phi) is 7.60. The minimum absolute atomic E-state index is 0.559. The first-order chi connectivity index (χ1) is 8.63. The maximum Gasteiger partial charge on any atom is 0.0472 e. The highest BCUT2D eigenvalue weighted by Crippen LogP contribution is 2.22. The van der Waals surface area contributed by atoms with Gasteiger partial charge in [-0.15, -0.1) is 0 Å². The van der Waals surface area contributed by atoms with Gasteiger partial charge in [0, 0.05) is 18.5 Å². The van der Waals surface area contributed by atoms with Gasteiger partial charge in [0.05, 0.1) is 0 Å². The van der Waals surface area contributed by atoms with E-state index in [1.807, 2.05) is 0 Å². The molecule has 0 saturated heterocycles. The lowest BCUT2D eigenvalue weighted by molar-refractivity contribution is 0.118. The van der Waals surface area contributed by atoms with Crippen LogP contribution >= 0.6 is 15.9 Å². The summed E-state index contributed by atoms with van der Waals surface area (Å²) < 4.78 is 5.71. The van der Waals surface area contributed by atoms with Gasteiger partial charge in [-0.1, -0.05) is 59.6 Å². The molecule has 102 valence electrons. The molecule has 18 heavy (non-hydrogen) atoms. The van der Waals surface area contributed by atoms with E-state index >= 15 is 0 Å². The number of ether oxygens (including phenoxy) is 1. The first kappa shape index (κ1) is 15.7. The van der Waals surface area contributed by atoms with E-state index in [-0.39, 0.29) is 0 Å². The van der Waals surface area contributed by atoms with E-state index in [0.29, 0.717) is 5.92 Å². The van der Waals surface area contributed by atoms with E-state index in [2.05, 4.69) is 61.0 Å². The van der Waals surface area contributed by atoms with E-state index in [0.717, 1.165) is 37.3 Å². The van der Waals surface area contributed by atoms with Crippen LogP contribution in [0.4, 0.5) is 0 Å². The highest BCUT2D eigenvalue weighted by molar-refractivity contribution is 9.09. The van der Waals surface area contributed by atoms with Crippen molar-refractivity contribution in [1.29, 1.82) is 0 Å². The van der Waals surface area contributed by atoms with Gasteiger partial charge in [0.15, 0.2) is 0 Å². The molecule has 1 unspecified atom stereocenters. The summed E-state index contributed by atoms with van der Waals surface area (Å²) in [6.07, 6.45) is 2.25. The molecule has 0 amide bonds. The average molecular weight is 313 g/mol. The quantitative estimate of drug-likeness (QED) is 0.488. The van der Waals surface area contributed by atoms with Gasteiger partial charge in [0.1, 0.15) is 0 Å². The van der Waals surface area contributed by atoms with Gasteiger partial charge in [-0.2, -0.15) is 0 Å². The number of hydrogen-bond acceptors (Lipinski definition) is 1. The molecule has 1 nitrogen and oxygen atoms in total. The van der Waals surface area contributed by atoms with Crippen molar-refractivity contribution in [2.75, 3.05) is 18.5 Å². The maximum atomic E-state index is 5.71. The van der Waals surface area contributed by atoms with Crippen LogP contribution in [0, 0.1) is 12.8 Å². The summed E-state index contributed by atoms with van der Waals surface area (Å²) in [5.74, 6) is 1.29. The predicted molar refractivity (Wildman–Crippen MR) is 82.6 cm³/mol. The smallest absolute Gasteiger partial charge is 0.0472 e. The summed E-state index contributed by atoms with van der Waals surface area (Å²) in [6, 6.07) is 8.78. The molecule has 0 aliphatic rings. The number of halogens is 1. The van der Waals surface area contributed by atoms with Gasteiger partial charge in [-0.25, -0.2) is 0 Å². The molecular formula is C16H25BrO. The largest absolute Gasteiger partial charge is 0.381 e. The second kappa shape index (κ2) is 8.71. The summed E-state index contributed by atoms with van der Waals surface area (Å²) in [5, 5.41) is 1.00. The van der Waals surface area contributed by atoms with E-state index in [1.165, 1.54) is 11.1 Å². The number of aryl methyl sites for hydroxylation is 1. The third-order valence-corrected chi connectivity index (χ3v) is 3.93. The molecule has 0 saturated carbocycles. The van der Waals surface area contributed by atoms with Crippen LogP contribution in [0.2, 0.25) is 0 Å². The molecule has 0 bridgehead atoms. The number of benzene rings is 1. The van der Waals surface area contributed by atoms with E-state index in [1.54, 1.807) is 0 Å². The van der Waals surface area contributed by atoms with Crippen LogP contribution < -0.4 is 0 Å². The molecule has 1 rings (SSSR count). The number of alkyl halides is 1. The molecule has 0 N–H and O–H groups in total. The lowest BCUT2D eigenvalue weighted by atomic mass is 9.97. The monoisotopic (exact) mass is 312 g/mol. The molecule has 0 heterocycles. The molecule has 1 aromatic rings. The average Bonchev–Trinajstić information content (AvgIpc) is 2.33. The fourth-order valence-corrected chi connectivity index (χ4v) is 2.60. The molecule has 0 aliphatic heterocycles. The van der Waals surface area contributed by atoms with Crippen molar-refractivity contribution in [1.82, 2.24) is 0 Å². The molecule has 1 aromatic carbocycles. The fourth-order valence-electron chi connectivity index (χ4n) is 1.90. The molecule has 0 aromatic heterocycles. The van der Waals surface area contributed by atoms with Crippen molar-refractivity contribution >= 4 is 15.9 Å². The SMILES string of the molecule is Cc1cccc(C(CBr)CCOCCC(C)C)c1. The third-order valence-electron chi connectivity index (χ3n) is 3.15. The van der Waals surface area contributed by atoms with Crippen molar-refractivity contribution in [2.45, 2.75) is 39.5 Å². The Morgan fingerprint density at radius 1 is 1.17 bits per heavy atom. The van der Waals surface area contributed by atoms with Crippen molar-refractivity contribution in [3.63, 3.8) is 0 Å². The van der Waals surface area contributed by atoms with Gasteiger partial charge in [-0.3, -0.25) is 0 Å². The molecule has 0 radical (unpaired) electrons. The molecular weight excluding hydrogens is 288 g/mol. The highest BCUT2D eigenvalue weighted by atomic mass is 79.9. The zero-order valence-corrected chi connectivity index (χ0v) is 13.4. The van der Waals surface area contributed by atoms with Gasteiger partial charge in [-0.05, 0) is 37.2 Å². The van der Waals surface area contributed by atoms with Crippen LogP contribution in [0.3, 0.4) is 0 Å². The van der Waals surface area contributed by atoms with Gasteiger partial charge in [0.25, 0.3) is 0 Å². The zero-order valence-electron chi connectivity index (χ0n) is 11.8. The molecule has 2 heteroatoms. The molecule has 0 aliphatic carbocycles. The molecule has 0 fully saturated rings. The second-order valence-corrected chi connectivity index (χ2v) is 6.00. The standard InChI is InChI=1S/C16H25BrO/c1-13(2)7-9-18-10-8-16(12-17)15-6-4-5-14(3)11-15/h4-6,11,13,16H,7-10,12H2,1-3H3. The Balaban J connectivity index is 2.34. The maximum absolute atomic E-state index is 5.71. The lowest BCUT2D eigenvalue weighted by Crippen LogP contribution is -2.07. The summed E-state index contributed by atoms with van der Waals surface area (Å²) in [5.41, 5.74) is 2.75. The minimum Gasteiger partial charge on any atom is -0.381 e. The van der Waals surface area contributed by atoms with E-state index < -0.39 is 0 Å². The Morgan fingerprint density at radius 2 is 1.89 bits per heavy atom. The highest BCUT2D eigenvalue weighted by Gasteiger charge is 2.10. The van der Waals surface area contributed by atoms with Crippen LogP contribution in [-0.2, 0) is 4.74 Å². The molecule has 1 atom stereocenters. The van der Waals surface area contributed by atoms with Crippen LogP contribution in [0.1, 0.15) is 43.7 Å². The number of rotatable bonds is 8. The van der Waals surface area contributed by atoms with Crippen molar-refractivity contribution in [2.24, 2.45) is 5.92 Å². The summed E-state index contributed by atoms with van der Waals surface area (Å²) in [7, 11) is 0. The van der Waals surface area contributed by atoms with Gasteiger partial charge in [0.2, 0.25) is 0 Å². The summed E-state index contributed by atoms with van der Waals surface area (Å²) in [4.78, 5) is 0. The topological polar surface area (TPSA) is 9.23 Å². The van der Waals surface area contributed by atoms with Crippen LogP contribution in [0.5, 0.6) is 0 Å². The Labute approximate surface area is 120 Å². The number of hydrogen-bond donors (Lipinski definition) is 0. The van der Waals surface area contributed by atoms with Crippen LogP contribution in [0.25, 0.3) is 0 Å². The predicted octanol–water partition coefficient (Wildman–Crippen LogP) is 4.93. The normalized spacial score (nSPS) is 12.9. The summed E-state index contributed by atoms with van der Waals surface area (Å²) >= 11 is 3.61. The summed E-state index contributed by atoms with van der Waals surface area (Å²) in [6.45, 7) is 8.36. The van der Waals surface area contributed by atoms with Gasteiger partial charge >= 0.3 is 0 Å². The first-order valence-corrected chi connectivity index (χ1v) is 7.96. The van der Waals surface area contributed by atoms with Crippen molar-refractivity contribution in [3.8, 4) is 0 Å². The van der Waals surface area contributed by atoms with Crippen molar-refractivity contribution < 1.29 is 4.74 Å². The fraction of sp³-hybridized carbons (Fsp3) is 0.625. The minimum atomic E-state index is 0.559. The van der Waals surface area contributed by atoms with Crippen LogP contribution in [0.15, 0.2) is 24.3 Å². The Bertz CT molecular complexity index is 336. The van der Waals surface area contributed by atoms with Crippen LogP contribution in [-0.4, -0.2) is 18.5 Å². The second-order valence-electron chi connectivity index (χ2n) is 5.35.